The number of hydrogen-bond acceptors (Lipinski definition) is 6. The average Bonchev–Trinajstić information content (AvgIpc) is 3.73. The fraction of sp³-hybridized carbons (Fsp3) is 0.480. The van der Waals surface area contributed by atoms with Crippen LogP contribution in [0.25, 0.3) is 0 Å². The van der Waals surface area contributed by atoms with Crippen molar-refractivity contribution in [2.45, 2.75) is 51.0 Å². The standard InChI is InChI=1S/C25H31N5O4S3/c1-37(33,34)30-18-4-2-3-16(11-18)27-25(35)28-17-9-10-20-19(12-17)21(23(32)26-13-14-5-6-14)24(36-20)29-22(31)15-7-8-15/h2-4,11,14-15,17,30H,5-10,12-13H2,1H3,(H,26,32)(H,29,31)(H2,27,28,35)/t17-/m0/s1. The Bertz CT molecular complexity index is 1330. The van der Waals surface area contributed by atoms with E-state index in [1.165, 1.54) is 11.3 Å². The molecular formula is C25H31N5O4S3. The van der Waals surface area contributed by atoms with Gasteiger partial charge in [0.1, 0.15) is 5.00 Å². The van der Waals surface area contributed by atoms with Crippen LogP contribution in [0.15, 0.2) is 24.3 Å². The molecule has 9 nitrogen and oxygen atoms in total. The third-order valence-electron chi connectivity index (χ3n) is 6.68. The molecule has 2 saturated carbocycles. The van der Waals surface area contributed by atoms with Crippen molar-refractivity contribution in [3.8, 4) is 0 Å². The number of amides is 2. The van der Waals surface area contributed by atoms with Gasteiger partial charge in [-0.1, -0.05) is 6.07 Å². The Balaban J connectivity index is 1.27. The lowest BCUT2D eigenvalue weighted by Crippen LogP contribution is -2.41. The Morgan fingerprint density at radius 1 is 1.08 bits per heavy atom. The van der Waals surface area contributed by atoms with Gasteiger partial charge in [0.25, 0.3) is 5.91 Å². The van der Waals surface area contributed by atoms with Crippen LogP contribution in [0.4, 0.5) is 16.4 Å². The Kier molecular flexibility index (Phi) is 7.42. The van der Waals surface area contributed by atoms with E-state index in [2.05, 4.69) is 26.0 Å². The van der Waals surface area contributed by atoms with Crippen LogP contribution in [0.1, 0.15) is 52.9 Å². The summed E-state index contributed by atoms with van der Waals surface area (Å²) < 4.78 is 25.5. The monoisotopic (exact) mass is 561 g/mol. The van der Waals surface area contributed by atoms with Gasteiger partial charge in [-0.15, -0.1) is 11.3 Å². The summed E-state index contributed by atoms with van der Waals surface area (Å²) >= 11 is 7.05. The number of thiophene rings is 1. The molecular weight excluding hydrogens is 531 g/mol. The van der Waals surface area contributed by atoms with Gasteiger partial charge in [-0.3, -0.25) is 14.3 Å². The maximum atomic E-state index is 13.2. The van der Waals surface area contributed by atoms with E-state index in [1.807, 2.05) is 0 Å². The van der Waals surface area contributed by atoms with Crippen LogP contribution >= 0.6 is 23.6 Å². The highest BCUT2D eigenvalue weighted by atomic mass is 32.2. The lowest BCUT2D eigenvalue weighted by molar-refractivity contribution is -0.117. The second kappa shape index (κ2) is 10.6. The van der Waals surface area contributed by atoms with Crippen LogP contribution in [-0.4, -0.2) is 44.2 Å². The molecule has 37 heavy (non-hydrogen) atoms. The Hall–Kier alpha value is -2.70. The summed E-state index contributed by atoms with van der Waals surface area (Å²) in [4.78, 5) is 26.9. The summed E-state index contributed by atoms with van der Waals surface area (Å²) in [5.74, 6) is 0.506. The van der Waals surface area contributed by atoms with Crippen molar-refractivity contribution in [2.24, 2.45) is 11.8 Å². The molecule has 1 heterocycles. The van der Waals surface area contributed by atoms with Gasteiger partial charge in [0.15, 0.2) is 5.11 Å². The van der Waals surface area contributed by atoms with E-state index in [0.29, 0.717) is 45.9 Å². The fourth-order valence-electron chi connectivity index (χ4n) is 4.47. The second-order valence-electron chi connectivity index (χ2n) is 10.1. The van der Waals surface area contributed by atoms with Crippen molar-refractivity contribution in [1.82, 2.24) is 10.6 Å². The normalized spacial score (nSPS) is 18.9. The molecule has 0 saturated heterocycles. The highest BCUT2D eigenvalue weighted by Crippen LogP contribution is 2.40. The molecule has 1 aromatic heterocycles. The average molecular weight is 562 g/mol. The first kappa shape index (κ1) is 25.9. The highest BCUT2D eigenvalue weighted by molar-refractivity contribution is 7.92. The lowest BCUT2D eigenvalue weighted by atomic mass is 9.91. The number of sulfonamides is 1. The number of rotatable bonds is 9. The number of benzene rings is 1. The largest absolute Gasteiger partial charge is 0.359 e. The van der Waals surface area contributed by atoms with Crippen LogP contribution < -0.4 is 26.0 Å². The van der Waals surface area contributed by atoms with E-state index >= 15 is 0 Å². The SMILES string of the molecule is CS(=O)(=O)Nc1cccc(NC(=S)N[C@H]2CCc3sc(NC(=O)C4CC4)c(C(=O)NCC4CC4)c3C2)c1. The number of hydrogen-bond donors (Lipinski definition) is 5. The van der Waals surface area contributed by atoms with Crippen molar-refractivity contribution >= 4 is 66.9 Å². The molecule has 0 bridgehead atoms. The van der Waals surface area contributed by atoms with Crippen LogP contribution in [0, 0.1) is 11.8 Å². The van der Waals surface area contributed by atoms with Gasteiger partial charge in [-0.25, -0.2) is 8.42 Å². The van der Waals surface area contributed by atoms with E-state index in [0.717, 1.165) is 55.2 Å². The van der Waals surface area contributed by atoms with Crippen LogP contribution in [0.3, 0.4) is 0 Å². The summed E-state index contributed by atoms with van der Waals surface area (Å²) in [6, 6.07) is 6.89. The molecule has 0 radical (unpaired) electrons. The molecule has 5 N–H and O–H groups in total. The van der Waals surface area contributed by atoms with Crippen molar-refractivity contribution in [3.63, 3.8) is 0 Å². The Morgan fingerprint density at radius 2 is 1.84 bits per heavy atom. The number of carbonyl (C=O) groups is 2. The van der Waals surface area contributed by atoms with Crippen molar-refractivity contribution < 1.29 is 18.0 Å². The number of aryl methyl sites for hydroxylation is 1. The first-order chi connectivity index (χ1) is 17.6. The van der Waals surface area contributed by atoms with Gasteiger partial charge in [-0.2, -0.15) is 0 Å². The van der Waals surface area contributed by atoms with Crippen LogP contribution in [-0.2, 0) is 27.7 Å². The van der Waals surface area contributed by atoms with Crippen LogP contribution in [0.5, 0.6) is 0 Å². The smallest absolute Gasteiger partial charge is 0.254 e. The molecule has 0 aliphatic heterocycles. The zero-order chi connectivity index (χ0) is 26.2. The van der Waals surface area contributed by atoms with E-state index in [-0.39, 0.29) is 23.8 Å². The molecule has 3 aliphatic carbocycles. The molecule has 3 aliphatic rings. The highest BCUT2D eigenvalue weighted by Gasteiger charge is 2.34. The molecule has 12 heteroatoms. The number of nitrogens with one attached hydrogen (secondary N) is 5. The molecule has 0 unspecified atom stereocenters. The molecule has 1 aromatic carbocycles. The molecule has 2 aromatic rings. The summed E-state index contributed by atoms with van der Waals surface area (Å²) in [5, 5.41) is 13.7. The summed E-state index contributed by atoms with van der Waals surface area (Å²) in [6.07, 6.45) is 7.46. The summed E-state index contributed by atoms with van der Waals surface area (Å²) in [7, 11) is -3.38. The number of fused-ring (bicyclic) bond motifs is 1. The minimum Gasteiger partial charge on any atom is -0.359 e. The van der Waals surface area contributed by atoms with Crippen molar-refractivity contribution in [1.29, 1.82) is 0 Å². The molecule has 2 amide bonds. The zero-order valence-corrected chi connectivity index (χ0v) is 23.0. The van der Waals surface area contributed by atoms with Gasteiger partial charge in [-0.05, 0) is 86.8 Å². The summed E-state index contributed by atoms with van der Waals surface area (Å²) in [5.41, 5.74) is 2.68. The molecule has 198 valence electrons. The second-order valence-corrected chi connectivity index (χ2v) is 13.4. The Labute approximate surface area is 226 Å². The van der Waals surface area contributed by atoms with Gasteiger partial charge in [0.05, 0.1) is 17.5 Å². The third kappa shape index (κ3) is 6.99. The molecule has 1 atom stereocenters. The van der Waals surface area contributed by atoms with Gasteiger partial charge in [0.2, 0.25) is 15.9 Å². The maximum Gasteiger partial charge on any atom is 0.254 e. The minimum atomic E-state index is -3.38. The molecule has 0 spiro atoms. The van der Waals surface area contributed by atoms with Gasteiger partial charge in [0, 0.05) is 29.1 Å². The third-order valence-corrected chi connectivity index (χ3v) is 8.71. The van der Waals surface area contributed by atoms with E-state index in [1.54, 1.807) is 24.3 Å². The van der Waals surface area contributed by atoms with E-state index in [9.17, 15) is 18.0 Å². The number of thiocarbonyl (C=S) groups is 1. The predicted octanol–water partition coefficient (Wildman–Crippen LogP) is 3.45. The first-order valence-corrected chi connectivity index (χ1v) is 15.6. The maximum absolute atomic E-state index is 13.2. The summed E-state index contributed by atoms with van der Waals surface area (Å²) in [6.45, 7) is 0.669. The Morgan fingerprint density at radius 3 is 2.54 bits per heavy atom. The van der Waals surface area contributed by atoms with Crippen LogP contribution in [0.2, 0.25) is 0 Å². The zero-order valence-electron chi connectivity index (χ0n) is 20.6. The first-order valence-electron chi connectivity index (χ1n) is 12.5. The fourth-order valence-corrected chi connectivity index (χ4v) is 6.55. The van der Waals surface area contributed by atoms with Gasteiger partial charge >= 0.3 is 0 Å². The lowest BCUT2D eigenvalue weighted by Gasteiger charge is -2.25. The van der Waals surface area contributed by atoms with Gasteiger partial charge < -0.3 is 21.3 Å². The van der Waals surface area contributed by atoms with Crippen molar-refractivity contribution in [2.75, 3.05) is 28.2 Å². The number of anilines is 3. The van der Waals surface area contributed by atoms with E-state index < -0.39 is 10.0 Å². The van der Waals surface area contributed by atoms with Crippen molar-refractivity contribution in [3.05, 3.63) is 40.3 Å². The minimum absolute atomic E-state index is 0.00230. The number of carbonyl (C=O) groups excluding carboxylic acids is 2. The topological polar surface area (TPSA) is 128 Å². The van der Waals surface area contributed by atoms with E-state index in [4.69, 9.17) is 12.2 Å². The molecule has 2 fully saturated rings. The predicted molar refractivity (Wildman–Crippen MR) is 151 cm³/mol. The quantitative estimate of drug-likeness (QED) is 0.297. The molecule has 5 rings (SSSR count).